The van der Waals surface area contributed by atoms with Crippen LogP contribution in [0.2, 0.25) is 0 Å². The number of carbonyl (C=O) groups excluding carboxylic acids is 3. The van der Waals surface area contributed by atoms with E-state index in [1.807, 2.05) is 0 Å². The third kappa shape index (κ3) is 35.5. The quantitative estimate of drug-likeness (QED) is 0.0380. The van der Waals surface area contributed by atoms with Gasteiger partial charge in [0.05, 0.1) is 0 Å². The summed E-state index contributed by atoms with van der Waals surface area (Å²) in [4.78, 5) is 37.4. The number of esters is 3. The summed E-state index contributed by atoms with van der Waals surface area (Å²) in [7, 11) is 0. The van der Waals surface area contributed by atoms with Crippen molar-refractivity contribution in [2.75, 3.05) is 13.2 Å². The molecule has 0 unspecified atom stereocenters. The molecule has 0 amide bonds. The van der Waals surface area contributed by atoms with E-state index in [4.69, 9.17) is 14.2 Å². The molecule has 0 saturated carbocycles. The topological polar surface area (TPSA) is 78.9 Å². The fourth-order valence-corrected chi connectivity index (χ4v) is 5.87. The van der Waals surface area contributed by atoms with Gasteiger partial charge in [-0.1, -0.05) is 176 Å². The molecule has 278 valence electrons. The van der Waals surface area contributed by atoms with Crippen molar-refractivity contribution in [3.05, 3.63) is 0 Å². The highest BCUT2D eigenvalue weighted by molar-refractivity contribution is 5.71. The average molecular weight is 667 g/mol. The van der Waals surface area contributed by atoms with E-state index in [1.165, 1.54) is 103 Å². The van der Waals surface area contributed by atoms with Gasteiger partial charge in [0.2, 0.25) is 0 Å². The summed E-state index contributed by atoms with van der Waals surface area (Å²) in [6.07, 6.45) is 29.7. The van der Waals surface area contributed by atoms with Gasteiger partial charge in [0.25, 0.3) is 0 Å². The molecule has 0 aliphatic heterocycles. The van der Waals surface area contributed by atoms with E-state index in [9.17, 15) is 14.4 Å². The highest BCUT2D eigenvalue weighted by Gasteiger charge is 2.19. The van der Waals surface area contributed by atoms with Crippen LogP contribution in [0.4, 0.5) is 0 Å². The van der Waals surface area contributed by atoms with Gasteiger partial charge in [0, 0.05) is 19.3 Å². The van der Waals surface area contributed by atoms with Gasteiger partial charge in [0.1, 0.15) is 13.2 Å². The zero-order valence-corrected chi connectivity index (χ0v) is 31.9. The standard InChI is InChI=1S/C41H78O6/c1-6-7-8-9-14-23-28-33-41(44)47-38(35-46-40(43)32-27-22-18-13-16-20-25-30-37(4)5)34-45-39(42)31-26-21-17-12-10-11-15-19-24-29-36(2)3/h36-38H,6-35H2,1-5H3/t38-/m1/s1. The molecular weight excluding hydrogens is 588 g/mol. The molecule has 6 heteroatoms. The fourth-order valence-electron chi connectivity index (χ4n) is 5.87. The predicted octanol–water partition coefficient (Wildman–Crippen LogP) is 12.2. The summed E-state index contributed by atoms with van der Waals surface area (Å²) in [6.45, 7) is 11.2. The Kier molecular flexibility index (Phi) is 33.1. The minimum absolute atomic E-state index is 0.0670. The van der Waals surface area contributed by atoms with E-state index in [-0.39, 0.29) is 31.1 Å². The Balaban J connectivity index is 4.30. The number of rotatable bonds is 35. The first kappa shape index (κ1) is 45.4. The van der Waals surface area contributed by atoms with Gasteiger partial charge in [0.15, 0.2) is 6.10 Å². The molecule has 0 rings (SSSR count). The first-order valence-electron chi connectivity index (χ1n) is 20.2. The summed E-state index contributed by atoms with van der Waals surface area (Å²) in [5.41, 5.74) is 0. The smallest absolute Gasteiger partial charge is 0.306 e. The maximum absolute atomic E-state index is 12.5. The average Bonchev–Trinajstić information content (AvgIpc) is 3.03. The molecule has 0 aromatic heterocycles. The summed E-state index contributed by atoms with van der Waals surface area (Å²) >= 11 is 0. The van der Waals surface area contributed by atoms with Crippen molar-refractivity contribution in [1.29, 1.82) is 0 Å². The largest absolute Gasteiger partial charge is 0.462 e. The van der Waals surface area contributed by atoms with Gasteiger partial charge in [-0.15, -0.1) is 0 Å². The monoisotopic (exact) mass is 667 g/mol. The van der Waals surface area contributed by atoms with Crippen molar-refractivity contribution in [2.45, 2.75) is 221 Å². The van der Waals surface area contributed by atoms with Crippen LogP contribution >= 0.6 is 0 Å². The van der Waals surface area contributed by atoms with E-state index >= 15 is 0 Å². The molecule has 0 aromatic rings. The lowest BCUT2D eigenvalue weighted by atomic mass is 10.0. The van der Waals surface area contributed by atoms with Gasteiger partial charge >= 0.3 is 17.9 Å². The Morgan fingerprint density at radius 1 is 0.404 bits per heavy atom. The first-order chi connectivity index (χ1) is 22.7. The number of hydrogen-bond donors (Lipinski definition) is 0. The number of ether oxygens (including phenoxy) is 3. The van der Waals surface area contributed by atoms with Gasteiger partial charge in [-0.2, -0.15) is 0 Å². The molecule has 0 heterocycles. The Morgan fingerprint density at radius 2 is 0.702 bits per heavy atom. The van der Waals surface area contributed by atoms with E-state index in [0.717, 1.165) is 69.6 Å². The van der Waals surface area contributed by atoms with Crippen LogP contribution in [0.5, 0.6) is 0 Å². The maximum atomic E-state index is 12.5. The van der Waals surface area contributed by atoms with Crippen LogP contribution in [-0.2, 0) is 28.6 Å². The third-order valence-electron chi connectivity index (χ3n) is 8.97. The molecular formula is C41H78O6. The van der Waals surface area contributed by atoms with Crippen LogP contribution in [0, 0.1) is 11.8 Å². The second-order valence-electron chi connectivity index (χ2n) is 14.9. The second-order valence-corrected chi connectivity index (χ2v) is 14.9. The van der Waals surface area contributed by atoms with E-state index in [1.54, 1.807) is 0 Å². The van der Waals surface area contributed by atoms with Crippen molar-refractivity contribution in [3.8, 4) is 0 Å². The Morgan fingerprint density at radius 3 is 1.04 bits per heavy atom. The molecule has 0 spiro atoms. The molecule has 0 aliphatic rings. The van der Waals surface area contributed by atoms with Gasteiger partial charge in [-0.25, -0.2) is 0 Å². The van der Waals surface area contributed by atoms with E-state index in [0.29, 0.717) is 19.3 Å². The van der Waals surface area contributed by atoms with Crippen LogP contribution in [0.3, 0.4) is 0 Å². The molecule has 0 bridgehead atoms. The van der Waals surface area contributed by atoms with Crippen molar-refractivity contribution < 1.29 is 28.6 Å². The number of hydrogen-bond acceptors (Lipinski definition) is 6. The van der Waals surface area contributed by atoms with Crippen molar-refractivity contribution in [1.82, 2.24) is 0 Å². The molecule has 0 fully saturated rings. The van der Waals surface area contributed by atoms with Crippen LogP contribution in [-0.4, -0.2) is 37.2 Å². The summed E-state index contributed by atoms with van der Waals surface area (Å²) in [5.74, 6) is 0.716. The number of carbonyl (C=O) groups is 3. The van der Waals surface area contributed by atoms with Crippen molar-refractivity contribution >= 4 is 17.9 Å². The minimum atomic E-state index is -0.758. The Bertz CT molecular complexity index is 719. The molecule has 0 aromatic carbocycles. The zero-order valence-electron chi connectivity index (χ0n) is 31.9. The van der Waals surface area contributed by atoms with E-state index < -0.39 is 6.10 Å². The lowest BCUT2D eigenvalue weighted by Crippen LogP contribution is -2.30. The molecule has 1 atom stereocenters. The van der Waals surface area contributed by atoms with Crippen molar-refractivity contribution in [3.63, 3.8) is 0 Å². The lowest BCUT2D eigenvalue weighted by molar-refractivity contribution is -0.167. The third-order valence-corrected chi connectivity index (χ3v) is 8.97. The maximum Gasteiger partial charge on any atom is 0.306 e. The molecule has 0 saturated heterocycles. The van der Waals surface area contributed by atoms with Crippen LogP contribution < -0.4 is 0 Å². The second kappa shape index (κ2) is 34.3. The highest BCUT2D eigenvalue weighted by Crippen LogP contribution is 2.15. The van der Waals surface area contributed by atoms with Crippen molar-refractivity contribution in [2.24, 2.45) is 11.8 Å². The van der Waals surface area contributed by atoms with E-state index in [2.05, 4.69) is 34.6 Å². The van der Waals surface area contributed by atoms with Gasteiger partial charge in [-0.3, -0.25) is 14.4 Å². The van der Waals surface area contributed by atoms with Gasteiger partial charge < -0.3 is 14.2 Å². The SMILES string of the molecule is CCCCCCCCCC(=O)O[C@H](COC(=O)CCCCCCCCCCCC(C)C)COC(=O)CCCCCCCCCC(C)C. The molecule has 0 aliphatic carbocycles. The van der Waals surface area contributed by atoms with Crippen LogP contribution in [0.1, 0.15) is 214 Å². The zero-order chi connectivity index (χ0) is 34.8. The molecule has 6 nitrogen and oxygen atoms in total. The highest BCUT2D eigenvalue weighted by atomic mass is 16.6. The van der Waals surface area contributed by atoms with Gasteiger partial charge in [-0.05, 0) is 31.1 Å². The fraction of sp³-hybridized carbons (Fsp3) is 0.927. The van der Waals surface area contributed by atoms with Crippen LogP contribution in [0.25, 0.3) is 0 Å². The minimum Gasteiger partial charge on any atom is -0.462 e. The molecule has 0 radical (unpaired) electrons. The Labute approximate surface area is 291 Å². The lowest BCUT2D eigenvalue weighted by Gasteiger charge is -2.18. The molecule has 47 heavy (non-hydrogen) atoms. The summed E-state index contributed by atoms with van der Waals surface area (Å²) < 4.78 is 16.6. The number of unbranched alkanes of at least 4 members (excludes halogenated alkanes) is 20. The molecule has 0 N–H and O–H groups in total. The normalized spacial score (nSPS) is 12.1. The van der Waals surface area contributed by atoms with Crippen LogP contribution in [0.15, 0.2) is 0 Å². The summed E-state index contributed by atoms with van der Waals surface area (Å²) in [6, 6.07) is 0. The first-order valence-corrected chi connectivity index (χ1v) is 20.2. The summed E-state index contributed by atoms with van der Waals surface area (Å²) in [5, 5.41) is 0. The predicted molar refractivity (Wildman–Crippen MR) is 196 cm³/mol. The Hall–Kier alpha value is -1.59.